The molecule has 1 aromatic rings. The predicted molar refractivity (Wildman–Crippen MR) is 75.1 cm³/mol. The maximum absolute atomic E-state index is 13.0. The summed E-state index contributed by atoms with van der Waals surface area (Å²) in [6.07, 6.45) is 2.24. The van der Waals surface area contributed by atoms with Crippen LogP contribution >= 0.6 is 0 Å². The first kappa shape index (κ1) is 16.6. The molecule has 0 bridgehead atoms. The Bertz CT molecular complexity index is 422. The van der Waals surface area contributed by atoms with Crippen LogP contribution in [0.3, 0.4) is 0 Å². The van der Waals surface area contributed by atoms with Gasteiger partial charge in [-0.2, -0.15) is 0 Å². The molecule has 112 valence electrons. The summed E-state index contributed by atoms with van der Waals surface area (Å²) in [5.74, 6) is -1.41. The van der Waals surface area contributed by atoms with Crippen LogP contribution in [-0.2, 0) is 14.9 Å². The van der Waals surface area contributed by atoms with Gasteiger partial charge in [-0.15, -0.1) is 0 Å². The van der Waals surface area contributed by atoms with Gasteiger partial charge in [0.05, 0.1) is 0 Å². The van der Waals surface area contributed by atoms with Gasteiger partial charge in [-0.3, -0.25) is 4.79 Å². The predicted octanol–water partition coefficient (Wildman–Crippen LogP) is 2.31. The molecule has 0 aliphatic carbocycles. The van der Waals surface area contributed by atoms with E-state index in [0.717, 1.165) is 12.8 Å². The zero-order chi connectivity index (χ0) is 15.0. The van der Waals surface area contributed by atoms with Crippen LogP contribution in [0.15, 0.2) is 24.3 Å². The summed E-state index contributed by atoms with van der Waals surface area (Å²) < 4.78 is 18.4. The van der Waals surface area contributed by atoms with E-state index < -0.39 is 17.2 Å². The summed E-state index contributed by atoms with van der Waals surface area (Å²) in [4.78, 5) is 11.6. The normalized spacial score (nSPS) is 13.9. The van der Waals surface area contributed by atoms with Crippen LogP contribution in [0.4, 0.5) is 4.39 Å². The SMILES string of the molecule is CCCCOCCC(CN)(C(=O)O)c1ccc(F)cc1. The fraction of sp³-hybridized carbons (Fsp3) is 0.533. The number of aliphatic carboxylic acids is 1. The largest absolute Gasteiger partial charge is 0.481 e. The van der Waals surface area contributed by atoms with Gasteiger partial charge in [-0.25, -0.2) is 4.39 Å². The Labute approximate surface area is 118 Å². The van der Waals surface area contributed by atoms with Crippen molar-refractivity contribution < 1.29 is 19.0 Å². The molecule has 0 fully saturated rings. The third-order valence-corrected chi connectivity index (χ3v) is 3.47. The first-order valence-electron chi connectivity index (χ1n) is 6.84. The van der Waals surface area contributed by atoms with Gasteiger partial charge in [0, 0.05) is 19.8 Å². The van der Waals surface area contributed by atoms with Crippen LogP contribution in [-0.4, -0.2) is 30.8 Å². The number of ether oxygens (including phenoxy) is 1. The van der Waals surface area contributed by atoms with Gasteiger partial charge < -0.3 is 15.6 Å². The molecule has 1 aromatic carbocycles. The van der Waals surface area contributed by atoms with Gasteiger partial charge in [0.15, 0.2) is 0 Å². The number of rotatable bonds is 9. The zero-order valence-corrected chi connectivity index (χ0v) is 11.8. The van der Waals surface area contributed by atoms with E-state index in [4.69, 9.17) is 10.5 Å². The molecule has 5 heteroatoms. The van der Waals surface area contributed by atoms with E-state index >= 15 is 0 Å². The number of benzene rings is 1. The highest BCUT2D eigenvalue weighted by molar-refractivity contribution is 5.81. The van der Waals surface area contributed by atoms with Crippen molar-refractivity contribution in [1.29, 1.82) is 0 Å². The van der Waals surface area contributed by atoms with Crippen molar-refractivity contribution in [3.8, 4) is 0 Å². The van der Waals surface area contributed by atoms with Gasteiger partial charge in [-0.1, -0.05) is 25.5 Å². The van der Waals surface area contributed by atoms with Gasteiger partial charge in [0.1, 0.15) is 11.2 Å². The van der Waals surface area contributed by atoms with Gasteiger partial charge in [0.25, 0.3) is 0 Å². The third-order valence-electron chi connectivity index (χ3n) is 3.47. The lowest BCUT2D eigenvalue weighted by molar-refractivity contribution is -0.144. The summed E-state index contributed by atoms with van der Waals surface area (Å²) in [6, 6.07) is 5.45. The number of carboxylic acid groups (broad SMARTS) is 1. The molecule has 1 atom stereocenters. The lowest BCUT2D eigenvalue weighted by atomic mass is 9.78. The number of unbranched alkanes of at least 4 members (excludes halogenated alkanes) is 1. The fourth-order valence-corrected chi connectivity index (χ4v) is 2.05. The molecule has 0 spiro atoms. The van der Waals surface area contributed by atoms with Crippen LogP contribution in [0.1, 0.15) is 31.7 Å². The second-order valence-corrected chi connectivity index (χ2v) is 4.81. The first-order chi connectivity index (χ1) is 9.56. The highest BCUT2D eigenvalue weighted by atomic mass is 19.1. The van der Waals surface area contributed by atoms with Crippen LogP contribution in [0, 0.1) is 5.82 Å². The minimum absolute atomic E-state index is 0.0505. The van der Waals surface area contributed by atoms with E-state index in [2.05, 4.69) is 6.92 Å². The highest BCUT2D eigenvalue weighted by Crippen LogP contribution is 2.28. The molecule has 0 radical (unpaired) electrons. The van der Waals surface area contributed by atoms with E-state index in [0.29, 0.717) is 18.8 Å². The third kappa shape index (κ3) is 4.02. The van der Waals surface area contributed by atoms with Crippen molar-refractivity contribution in [3.05, 3.63) is 35.6 Å². The van der Waals surface area contributed by atoms with Crippen LogP contribution in [0.5, 0.6) is 0 Å². The number of hydrogen-bond donors (Lipinski definition) is 2. The number of hydrogen-bond acceptors (Lipinski definition) is 3. The molecule has 1 rings (SSSR count). The summed E-state index contributed by atoms with van der Waals surface area (Å²) in [5, 5.41) is 9.52. The minimum Gasteiger partial charge on any atom is -0.481 e. The van der Waals surface area contributed by atoms with Crippen LogP contribution in [0.2, 0.25) is 0 Å². The summed E-state index contributed by atoms with van der Waals surface area (Å²) >= 11 is 0. The van der Waals surface area contributed by atoms with Crippen molar-refractivity contribution in [1.82, 2.24) is 0 Å². The monoisotopic (exact) mass is 283 g/mol. The molecular formula is C15H22FNO3. The molecule has 20 heavy (non-hydrogen) atoms. The van der Waals surface area contributed by atoms with Crippen molar-refractivity contribution in [2.75, 3.05) is 19.8 Å². The molecule has 0 saturated carbocycles. The van der Waals surface area contributed by atoms with Crippen LogP contribution < -0.4 is 5.73 Å². The Balaban J connectivity index is 2.81. The first-order valence-corrected chi connectivity index (χ1v) is 6.84. The maximum atomic E-state index is 13.0. The molecule has 0 aromatic heterocycles. The lowest BCUT2D eigenvalue weighted by Gasteiger charge is -2.28. The molecule has 0 aliphatic rings. The number of halogens is 1. The zero-order valence-electron chi connectivity index (χ0n) is 11.8. The Kier molecular flexibility index (Phi) is 6.61. The van der Waals surface area contributed by atoms with Crippen molar-refractivity contribution >= 4 is 5.97 Å². The average molecular weight is 283 g/mol. The van der Waals surface area contributed by atoms with Gasteiger partial charge >= 0.3 is 5.97 Å². The van der Waals surface area contributed by atoms with Gasteiger partial charge in [-0.05, 0) is 30.5 Å². The molecule has 0 amide bonds. The smallest absolute Gasteiger partial charge is 0.315 e. The van der Waals surface area contributed by atoms with Crippen molar-refractivity contribution in [2.45, 2.75) is 31.6 Å². The number of nitrogens with two attached hydrogens (primary N) is 1. The van der Waals surface area contributed by atoms with E-state index in [1.807, 2.05) is 0 Å². The van der Waals surface area contributed by atoms with Crippen molar-refractivity contribution in [2.24, 2.45) is 5.73 Å². The quantitative estimate of drug-likeness (QED) is 0.682. The summed E-state index contributed by atoms with van der Waals surface area (Å²) in [6.45, 7) is 2.94. The molecule has 0 aliphatic heterocycles. The van der Waals surface area contributed by atoms with Gasteiger partial charge in [0.2, 0.25) is 0 Å². The molecular weight excluding hydrogens is 261 g/mol. The van der Waals surface area contributed by atoms with Crippen molar-refractivity contribution in [3.63, 3.8) is 0 Å². The Morgan fingerprint density at radius 2 is 2.00 bits per heavy atom. The van der Waals surface area contributed by atoms with E-state index in [-0.39, 0.29) is 13.0 Å². The Morgan fingerprint density at radius 3 is 2.50 bits per heavy atom. The average Bonchev–Trinajstić information content (AvgIpc) is 2.44. The standard InChI is InChI=1S/C15H22FNO3/c1-2-3-9-20-10-8-15(11-17,14(18)19)12-4-6-13(16)7-5-12/h4-7H,2-3,8-11,17H2,1H3,(H,18,19). The summed E-state index contributed by atoms with van der Waals surface area (Å²) in [7, 11) is 0. The Morgan fingerprint density at radius 1 is 1.35 bits per heavy atom. The molecule has 3 N–H and O–H groups in total. The number of carboxylic acids is 1. The minimum atomic E-state index is -1.22. The van der Waals surface area contributed by atoms with E-state index in [9.17, 15) is 14.3 Å². The van der Waals surface area contributed by atoms with Crippen LogP contribution in [0.25, 0.3) is 0 Å². The Hall–Kier alpha value is -1.46. The molecule has 4 nitrogen and oxygen atoms in total. The second-order valence-electron chi connectivity index (χ2n) is 4.81. The van der Waals surface area contributed by atoms with E-state index in [1.54, 1.807) is 0 Å². The highest BCUT2D eigenvalue weighted by Gasteiger charge is 2.38. The lowest BCUT2D eigenvalue weighted by Crippen LogP contribution is -2.44. The number of carbonyl (C=O) groups is 1. The topological polar surface area (TPSA) is 72.5 Å². The maximum Gasteiger partial charge on any atom is 0.315 e. The summed E-state index contributed by atoms with van der Waals surface area (Å²) in [5.41, 5.74) is 4.97. The molecule has 0 saturated heterocycles. The fourth-order valence-electron chi connectivity index (χ4n) is 2.05. The van der Waals surface area contributed by atoms with E-state index in [1.165, 1.54) is 24.3 Å². The second kappa shape index (κ2) is 7.97. The molecule has 1 unspecified atom stereocenters. The molecule has 0 heterocycles.